The molecule has 0 atom stereocenters. The molecule has 32 heavy (non-hydrogen) atoms. The summed E-state index contributed by atoms with van der Waals surface area (Å²) >= 11 is 12.1. The third kappa shape index (κ3) is 5.23. The lowest BCUT2D eigenvalue weighted by molar-refractivity contribution is -0.118. The highest BCUT2D eigenvalue weighted by Crippen LogP contribution is 2.31. The topological polar surface area (TPSA) is 64.4 Å². The minimum absolute atomic E-state index is 0.160. The van der Waals surface area contributed by atoms with Crippen LogP contribution in [0.5, 0.6) is 5.75 Å². The third-order valence-electron chi connectivity index (χ3n) is 5.04. The summed E-state index contributed by atoms with van der Waals surface area (Å²) in [6.45, 7) is 3.78. The number of ether oxygens (including phenoxy) is 1. The first-order valence-electron chi connectivity index (χ1n) is 10.3. The van der Waals surface area contributed by atoms with Crippen molar-refractivity contribution in [2.24, 2.45) is 0 Å². The maximum absolute atomic E-state index is 12.3. The van der Waals surface area contributed by atoms with Crippen LogP contribution in [0.4, 0.5) is 5.69 Å². The molecule has 0 saturated carbocycles. The molecule has 0 fully saturated rings. The van der Waals surface area contributed by atoms with Crippen LogP contribution >= 0.6 is 23.2 Å². The van der Waals surface area contributed by atoms with E-state index >= 15 is 0 Å². The van der Waals surface area contributed by atoms with Gasteiger partial charge in [-0.05, 0) is 66.4 Å². The normalized spacial score (nSPS) is 11.0. The number of rotatable bonds is 7. The molecule has 7 heteroatoms. The first-order chi connectivity index (χ1) is 15.4. The van der Waals surface area contributed by atoms with Gasteiger partial charge in [-0.25, -0.2) is 4.98 Å². The average molecular weight is 469 g/mol. The van der Waals surface area contributed by atoms with Gasteiger partial charge >= 0.3 is 0 Å². The number of nitrogens with zero attached hydrogens (tertiary/aromatic N) is 1. The largest absolute Gasteiger partial charge is 0.482 e. The Hall–Kier alpha value is -3.02. The predicted octanol–water partition coefficient (Wildman–Crippen LogP) is 6.61. The molecule has 164 valence electrons. The summed E-state index contributed by atoms with van der Waals surface area (Å²) < 4.78 is 11.4. The van der Waals surface area contributed by atoms with Crippen LogP contribution in [0.25, 0.3) is 11.1 Å². The monoisotopic (exact) mass is 468 g/mol. The molecular weight excluding hydrogens is 447 g/mol. The minimum atomic E-state index is -0.283. The molecule has 0 radical (unpaired) electrons. The minimum Gasteiger partial charge on any atom is -0.482 e. The Bertz CT molecular complexity index is 1240. The number of oxazole rings is 1. The first kappa shape index (κ1) is 22.2. The van der Waals surface area contributed by atoms with Crippen LogP contribution in [0, 0.1) is 6.92 Å². The highest BCUT2D eigenvalue weighted by molar-refractivity contribution is 6.35. The van der Waals surface area contributed by atoms with Crippen LogP contribution in [0.3, 0.4) is 0 Å². The molecule has 4 rings (SSSR count). The summed E-state index contributed by atoms with van der Waals surface area (Å²) in [5.74, 6) is 0.827. The van der Waals surface area contributed by atoms with Crippen LogP contribution in [0.15, 0.2) is 59.0 Å². The highest BCUT2D eigenvalue weighted by Gasteiger charge is 2.11. The number of benzene rings is 3. The summed E-state index contributed by atoms with van der Waals surface area (Å²) in [5.41, 5.74) is 5.37. The molecule has 0 spiro atoms. The molecule has 0 aliphatic heterocycles. The number of carbonyl (C=O) groups is 1. The Morgan fingerprint density at radius 3 is 2.53 bits per heavy atom. The van der Waals surface area contributed by atoms with Crippen molar-refractivity contribution in [1.29, 1.82) is 0 Å². The molecule has 0 bridgehead atoms. The second kappa shape index (κ2) is 9.63. The van der Waals surface area contributed by atoms with E-state index < -0.39 is 0 Å². The Labute approximate surface area is 196 Å². The van der Waals surface area contributed by atoms with E-state index in [2.05, 4.69) is 29.4 Å². The maximum atomic E-state index is 12.3. The quantitative estimate of drug-likeness (QED) is 0.331. The standard InChI is InChI=1S/C25H22Cl2N2O3/c1-3-16-6-9-22-21(11-16)29-24(32-22)12-17-4-7-19(8-5-17)28-23(30)14-31-25-15(2)10-18(26)13-20(25)27/h4-11,13H,3,12,14H2,1-2H3,(H,28,30). The Morgan fingerprint density at radius 1 is 1.06 bits per heavy atom. The Kier molecular flexibility index (Phi) is 6.68. The Morgan fingerprint density at radius 2 is 1.81 bits per heavy atom. The van der Waals surface area contributed by atoms with Gasteiger partial charge in [-0.1, -0.05) is 48.3 Å². The molecule has 5 nitrogen and oxygen atoms in total. The first-order valence-corrected chi connectivity index (χ1v) is 11.0. The molecule has 1 heterocycles. The van der Waals surface area contributed by atoms with Crippen LogP contribution in [-0.2, 0) is 17.6 Å². The van der Waals surface area contributed by atoms with Crippen LogP contribution in [0.1, 0.15) is 29.5 Å². The van der Waals surface area contributed by atoms with Gasteiger partial charge in [0.1, 0.15) is 11.3 Å². The van der Waals surface area contributed by atoms with Crippen LogP contribution in [0.2, 0.25) is 10.0 Å². The molecule has 1 amide bonds. The van der Waals surface area contributed by atoms with Gasteiger partial charge in [0, 0.05) is 17.1 Å². The lowest BCUT2D eigenvalue weighted by Gasteiger charge is -2.12. The molecule has 0 unspecified atom stereocenters. The fourth-order valence-corrected chi connectivity index (χ4v) is 4.05. The molecule has 1 aromatic heterocycles. The summed E-state index contributed by atoms with van der Waals surface area (Å²) in [6.07, 6.45) is 1.53. The van der Waals surface area contributed by atoms with E-state index in [-0.39, 0.29) is 12.5 Å². The second-order valence-electron chi connectivity index (χ2n) is 7.51. The average Bonchev–Trinajstić information content (AvgIpc) is 3.15. The number of aromatic nitrogens is 1. The fourth-order valence-electron chi connectivity index (χ4n) is 3.40. The summed E-state index contributed by atoms with van der Waals surface area (Å²) in [4.78, 5) is 16.9. The van der Waals surface area contributed by atoms with Gasteiger partial charge in [0.25, 0.3) is 5.91 Å². The van der Waals surface area contributed by atoms with Gasteiger partial charge in [0.15, 0.2) is 18.1 Å². The van der Waals surface area contributed by atoms with Gasteiger partial charge in [-0.3, -0.25) is 4.79 Å². The summed E-state index contributed by atoms with van der Waals surface area (Å²) in [6, 6.07) is 16.9. The molecule has 0 saturated heterocycles. The van der Waals surface area contributed by atoms with E-state index in [1.54, 1.807) is 12.1 Å². The summed E-state index contributed by atoms with van der Waals surface area (Å²) in [5, 5.41) is 3.71. The molecule has 0 aliphatic rings. The number of aryl methyl sites for hydroxylation is 2. The van der Waals surface area contributed by atoms with Crippen LogP contribution < -0.4 is 10.1 Å². The van der Waals surface area contributed by atoms with Gasteiger partial charge < -0.3 is 14.5 Å². The Balaban J connectivity index is 1.35. The zero-order valence-corrected chi connectivity index (χ0v) is 19.3. The molecular formula is C25H22Cl2N2O3. The zero-order valence-electron chi connectivity index (χ0n) is 17.7. The van der Waals surface area contributed by atoms with E-state index in [1.165, 1.54) is 5.56 Å². The number of hydrogen-bond acceptors (Lipinski definition) is 4. The van der Waals surface area contributed by atoms with E-state index in [1.807, 2.05) is 37.3 Å². The number of amides is 1. The van der Waals surface area contributed by atoms with Crippen molar-refractivity contribution in [3.05, 3.63) is 87.2 Å². The zero-order chi connectivity index (χ0) is 22.7. The van der Waals surface area contributed by atoms with Crippen LogP contribution in [-0.4, -0.2) is 17.5 Å². The SMILES string of the molecule is CCc1ccc2oc(Cc3ccc(NC(=O)COc4c(C)cc(Cl)cc4Cl)cc3)nc2c1. The predicted molar refractivity (Wildman–Crippen MR) is 128 cm³/mol. The van der Waals surface area contributed by atoms with Crippen molar-refractivity contribution in [2.75, 3.05) is 11.9 Å². The van der Waals surface area contributed by atoms with Gasteiger partial charge in [-0.15, -0.1) is 0 Å². The van der Waals surface area contributed by atoms with E-state index in [0.29, 0.717) is 33.8 Å². The number of nitrogens with one attached hydrogen (secondary N) is 1. The highest BCUT2D eigenvalue weighted by atomic mass is 35.5. The number of fused-ring (bicyclic) bond motifs is 1. The fraction of sp³-hybridized carbons (Fsp3) is 0.200. The molecule has 0 aliphatic carbocycles. The lowest BCUT2D eigenvalue weighted by Crippen LogP contribution is -2.20. The van der Waals surface area contributed by atoms with Crippen molar-refractivity contribution < 1.29 is 13.9 Å². The maximum Gasteiger partial charge on any atom is 0.262 e. The van der Waals surface area contributed by atoms with E-state index in [9.17, 15) is 4.79 Å². The van der Waals surface area contributed by atoms with E-state index in [4.69, 9.17) is 32.4 Å². The van der Waals surface area contributed by atoms with Gasteiger partial charge in [0.05, 0.1) is 5.02 Å². The number of hydrogen-bond donors (Lipinski definition) is 1. The summed E-state index contributed by atoms with van der Waals surface area (Å²) in [7, 11) is 0. The van der Waals surface area contributed by atoms with Crippen molar-refractivity contribution in [2.45, 2.75) is 26.7 Å². The molecule has 1 N–H and O–H groups in total. The second-order valence-corrected chi connectivity index (χ2v) is 8.35. The van der Waals surface area contributed by atoms with Crippen molar-refractivity contribution >= 4 is 45.9 Å². The third-order valence-corrected chi connectivity index (χ3v) is 5.54. The van der Waals surface area contributed by atoms with Gasteiger partial charge in [0.2, 0.25) is 0 Å². The van der Waals surface area contributed by atoms with Crippen molar-refractivity contribution in [1.82, 2.24) is 4.98 Å². The number of carbonyl (C=O) groups excluding carboxylic acids is 1. The van der Waals surface area contributed by atoms with E-state index in [0.717, 1.165) is 28.6 Å². The number of halogens is 2. The van der Waals surface area contributed by atoms with Gasteiger partial charge in [-0.2, -0.15) is 0 Å². The lowest BCUT2D eigenvalue weighted by atomic mass is 10.1. The van der Waals surface area contributed by atoms with Crippen molar-refractivity contribution in [3.8, 4) is 5.75 Å². The van der Waals surface area contributed by atoms with Crippen molar-refractivity contribution in [3.63, 3.8) is 0 Å². The molecule has 4 aromatic rings. The number of anilines is 1. The smallest absolute Gasteiger partial charge is 0.262 e. The molecule has 3 aromatic carbocycles.